The van der Waals surface area contributed by atoms with Gasteiger partial charge in [-0.25, -0.2) is 8.78 Å². The van der Waals surface area contributed by atoms with Gasteiger partial charge in [-0.05, 0) is 6.42 Å². The number of alkyl halides is 2. The third-order valence-electron chi connectivity index (χ3n) is 0.958. The number of nitrogens with two attached hydrogens (primary N) is 1. The summed E-state index contributed by atoms with van der Waals surface area (Å²) in [5.41, 5.74) is 2.00. The van der Waals surface area contributed by atoms with Gasteiger partial charge in [-0.15, -0.1) is 0 Å². The second kappa shape index (κ2) is 3.74. The SMILES string of the molecule is CCC(NN)C(F)F. The van der Waals surface area contributed by atoms with Crippen LogP contribution in [0.4, 0.5) is 8.78 Å². The fraction of sp³-hybridized carbons (Fsp3) is 1.00. The number of rotatable bonds is 3. The largest absolute Gasteiger partial charge is 0.271 e. The molecule has 0 aliphatic carbocycles. The van der Waals surface area contributed by atoms with Crippen LogP contribution in [0.5, 0.6) is 0 Å². The van der Waals surface area contributed by atoms with E-state index in [-0.39, 0.29) is 0 Å². The van der Waals surface area contributed by atoms with Gasteiger partial charge in [0.25, 0.3) is 6.43 Å². The van der Waals surface area contributed by atoms with Crippen molar-refractivity contribution in [1.29, 1.82) is 0 Å². The smallest absolute Gasteiger partial charge is 0.254 e. The van der Waals surface area contributed by atoms with E-state index >= 15 is 0 Å². The molecule has 0 aromatic rings. The minimum Gasteiger partial charge on any atom is -0.271 e. The van der Waals surface area contributed by atoms with Crippen LogP contribution in [0.2, 0.25) is 0 Å². The Morgan fingerprint density at radius 3 is 2.12 bits per heavy atom. The Balaban J connectivity index is 3.35. The summed E-state index contributed by atoms with van der Waals surface area (Å²) < 4.78 is 23.1. The Hall–Kier alpha value is -0.220. The number of nitrogens with one attached hydrogen (secondary N) is 1. The van der Waals surface area contributed by atoms with E-state index in [0.29, 0.717) is 6.42 Å². The van der Waals surface area contributed by atoms with Gasteiger partial charge in [-0.2, -0.15) is 0 Å². The number of hydrazine groups is 1. The highest BCUT2D eigenvalue weighted by atomic mass is 19.3. The van der Waals surface area contributed by atoms with Gasteiger partial charge in [0.05, 0.1) is 6.04 Å². The second-order valence-corrected chi connectivity index (χ2v) is 1.52. The van der Waals surface area contributed by atoms with Gasteiger partial charge >= 0.3 is 0 Å². The summed E-state index contributed by atoms with van der Waals surface area (Å²) in [6.07, 6.45) is -2.00. The van der Waals surface area contributed by atoms with E-state index in [1.54, 1.807) is 6.92 Å². The van der Waals surface area contributed by atoms with Crippen molar-refractivity contribution in [2.75, 3.05) is 0 Å². The molecular formula is C4H10F2N2. The molecule has 2 nitrogen and oxygen atoms in total. The van der Waals surface area contributed by atoms with Gasteiger partial charge in [-0.1, -0.05) is 6.92 Å². The second-order valence-electron chi connectivity index (χ2n) is 1.52. The molecule has 0 rings (SSSR count). The lowest BCUT2D eigenvalue weighted by molar-refractivity contribution is 0.0966. The highest BCUT2D eigenvalue weighted by molar-refractivity contribution is 4.61. The molecule has 0 aliphatic rings. The summed E-state index contributed by atoms with van der Waals surface area (Å²) in [5.74, 6) is 4.75. The van der Waals surface area contributed by atoms with E-state index < -0.39 is 12.5 Å². The summed E-state index contributed by atoms with van der Waals surface area (Å²) in [6, 6.07) is -0.852. The van der Waals surface area contributed by atoms with Gasteiger partial charge in [0.15, 0.2) is 0 Å². The van der Waals surface area contributed by atoms with Crippen molar-refractivity contribution in [2.24, 2.45) is 5.84 Å². The van der Waals surface area contributed by atoms with Crippen molar-refractivity contribution < 1.29 is 8.78 Å². The van der Waals surface area contributed by atoms with Crippen LogP contribution in [0.15, 0.2) is 0 Å². The molecule has 0 aromatic heterocycles. The first kappa shape index (κ1) is 7.78. The van der Waals surface area contributed by atoms with Crippen LogP contribution in [0.25, 0.3) is 0 Å². The summed E-state index contributed by atoms with van der Waals surface area (Å²) in [4.78, 5) is 0. The third-order valence-corrected chi connectivity index (χ3v) is 0.958. The fourth-order valence-electron chi connectivity index (χ4n) is 0.369. The Bertz CT molecular complexity index is 54.0. The lowest BCUT2D eigenvalue weighted by Crippen LogP contribution is -2.39. The average molecular weight is 124 g/mol. The zero-order chi connectivity index (χ0) is 6.57. The van der Waals surface area contributed by atoms with E-state index in [9.17, 15) is 8.78 Å². The quantitative estimate of drug-likeness (QED) is 0.424. The van der Waals surface area contributed by atoms with Gasteiger partial charge in [0.1, 0.15) is 0 Å². The zero-order valence-corrected chi connectivity index (χ0v) is 4.70. The first-order valence-corrected chi connectivity index (χ1v) is 2.46. The Kier molecular flexibility index (Phi) is 3.64. The molecular weight excluding hydrogens is 114 g/mol. The van der Waals surface area contributed by atoms with Crippen molar-refractivity contribution in [1.82, 2.24) is 5.43 Å². The molecule has 8 heavy (non-hydrogen) atoms. The molecule has 0 saturated heterocycles. The summed E-state index contributed by atoms with van der Waals surface area (Å²) in [6.45, 7) is 1.65. The number of halogens is 2. The average Bonchev–Trinajstić information content (AvgIpc) is 1.69. The standard InChI is InChI=1S/C4H10F2N2/c1-2-3(8-7)4(5)6/h3-4,8H,2,7H2,1H3. The minimum absolute atomic E-state index is 0.355. The van der Waals surface area contributed by atoms with Crippen LogP contribution < -0.4 is 11.3 Å². The van der Waals surface area contributed by atoms with E-state index in [2.05, 4.69) is 0 Å². The molecule has 50 valence electrons. The minimum atomic E-state index is -2.36. The van der Waals surface area contributed by atoms with Crippen molar-refractivity contribution in [3.63, 3.8) is 0 Å². The van der Waals surface area contributed by atoms with Gasteiger partial charge in [0, 0.05) is 0 Å². The highest BCUT2D eigenvalue weighted by Gasteiger charge is 2.14. The lowest BCUT2D eigenvalue weighted by atomic mass is 10.2. The van der Waals surface area contributed by atoms with E-state index in [1.165, 1.54) is 0 Å². The third kappa shape index (κ3) is 2.18. The first-order valence-electron chi connectivity index (χ1n) is 2.46. The molecule has 0 saturated carbocycles. The zero-order valence-electron chi connectivity index (χ0n) is 4.70. The van der Waals surface area contributed by atoms with Crippen LogP contribution in [0.1, 0.15) is 13.3 Å². The Labute approximate surface area is 47.0 Å². The van der Waals surface area contributed by atoms with Crippen LogP contribution in [-0.4, -0.2) is 12.5 Å². The van der Waals surface area contributed by atoms with E-state index in [0.717, 1.165) is 0 Å². The normalized spacial score (nSPS) is 14.6. The first-order chi connectivity index (χ1) is 3.72. The fourth-order valence-corrected chi connectivity index (χ4v) is 0.369. The van der Waals surface area contributed by atoms with Crippen LogP contribution in [-0.2, 0) is 0 Å². The maximum atomic E-state index is 11.6. The molecule has 1 unspecified atom stereocenters. The molecule has 0 radical (unpaired) electrons. The number of hydrogen-bond donors (Lipinski definition) is 2. The van der Waals surface area contributed by atoms with Crippen molar-refractivity contribution in [3.8, 4) is 0 Å². The molecule has 0 bridgehead atoms. The van der Waals surface area contributed by atoms with Crippen molar-refractivity contribution in [3.05, 3.63) is 0 Å². The maximum absolute atomic E-state index is 11.6. The summed E-state index contributed by atoms with van der Waals surface area (Å²) in [5, 5.41) is 0. The summed E-state index contributed by atoms with van der Waals surface area (Å²) in [7, 11) is 0. The molecule has 1 atom stereocenters. The van der Waals surface area contributed by atoms with Crippen molar-refractivity contribution >= 4 is 0 Å². The van der Waals surface area contributed by atoms with E-state index in [4.69, 9.17) is 5.84 Å². The lowest BCUT2D eigenvalue weighted by Gasteiger charge is -2.10. The van der Waals surface area contributed by atoms with Crippen LogP contribution in [0.3, 0.4) is 0 Å². The summed E-state index contributed by atoms with van der Waals surface area (Å²) >= 11 is 0. The monoisotopic (exact) mass is 124 g/mol. The van der Waals surface area contributed by atoms with Gasteiger partial charge in [-0.3, -0.25) is 11.3 Å². The van der Waals surface area contributed by atoms with Crippen molar-refractivity contribution in [2.45, 2.75) is 25.8 Å². The Morgan fingerprint density at radius 1 is 1.62 bits per heavy atom. The molecule has 4 heteroatoms. The van der Waals surface area contributed by atoms with Gasteiger partial charge < -0.3 is 0 Å². The molecule has 0 aliphatic heterocycles. The molecule has 0 heterocycles. The molecule has 0 amide bonds. The maximum Gasteiger partial charge on any atom is 0.254 e. The molecule has 0 fully saturated rings. The van der Waals surface area contributed by atoms with Crippen LogP contribution in [0, 0.1) is 0 Å². The van der Waals surface area contributed by atoms with E-state index in [1.807, 2.05) is 5.43 Å². The van der Waals surface area contributed by atoms with Gasteiger partial charge in [0.2, 0.25) is 0 Å². The molecule has 3 N–H and O–H groups in total. The topological polar surface area (TPSA) is 38.0 Å². The Morgan fingerprint density at radius 2 is 2.12 bits per heavy atom. The molecule has 0 spiro atoms. The molecule has 0 aromatic carbocycles. The highest BCUT2D eigenvalue weighted by Crippen LogP contribution is 2.01. The predicted molar refractivity (Wildman–Crippen MR) is 27.4 cm³/mol. The predicted octanol–water partition coefficient (Wildman–Crippen LogP) is 0.493. The number of hydrogen-bond acceptors (Lipinski definition) is 2. The van der Waals surface area contributed by atoms with Crippen LogP contribution >= 0.6 is 0 Å².